The van der Waals surface area contributed by atoms with Crippen LogP contribution in [0.25, 0.3) is 17.0 Å². The Bertz CT molecular complexity index is 1080. The van der Waals surface area contributed by atoms with Crippen LogP contribution in [-0.4, -0.2) is 46.5 Å². The highest BCUT2D eigenvalue weighted by Crippen LogP contribution is 2.32. The molecule has 2 aliphatic rings. The Morgan fingerprint density at radius 1 is 1.21 bits per heavy atom. The highest BCUT2D eigenvalue weighted by atomic mass is 32.2. The Labute approximate surface area is 171 Å². The molecule has 0 unspecified atom stereocenters. The number of para-hydroxylation sites is 1. The molecular weight excluding hydrogens is 392 g/mol. The molecule has 2 aromatic rings. The number of amides is 3. The number of carbonyl (C=O) groups excluding carboxylic acids is 3. The first kappa shape index (κ1) is 19.4. The number of rotatable bonds is 3. The standard InChI is InChI=1S/C21H20N2O5S/c1-13-6-8-22(9-7-13)18(24)12-23-19(25)17(29-21(23)27)11-15-10-14-4-2-3-5-16(14)28-20(15)26/h2-5,10-11,13H,6-9,12H2,1H3. The van der Waals surface area contributed by atoms with Gasteiger partial charge < -0.3 is 9.32 Å². The van der Waals surface area contributed by atoms with Gasteiger partial charge in [0.15, 0.2) is 0 Å². The number of likely N-dealkylation sites (tertiary alicyclic amines) is 1. The summed E-state index contributed by atoms with van der Waals surface area (Å²) in [6.45, 7) is 3.16. The Kier molecular flexibility index (Phi) is 5.27. The lowest BCUT2D eigenvalue weighted by atomic mass is 9.99. The quantitative estimate of drug-likeness (QED) is 0.569. The minimum atomic E-state index is -0.589. The van der Waals surface area contributed by atoms with E-state index in [2.05, 4.69) is 6.92 Å². The first-order valence-electron chi connectivity index (χ1n) is 9.48. The van der Waals surface area contributed by atoms with Crippen molar-refractivity contribution >= 4 is 45.9 Å². The van der Waals surface area contributed by atoms with E-state index >= 15 is 0 Å². The van der Waals surface area contributed by atoms with E-state index in [1.54, 1.807) is 29.2 Å². The molecule has 2 fully saturated rings. The molecule has 0 spiro atoms. The van der Waals surface area contributed by atoms with Gasteiger partial charge in [-0.25, -0.2) is 4.79 Å². The summed E-state index contributed by atoms with van der Waals surface area (Å²) in [4.78, 5) is 52.5. The minimum absolute atomic E-state index is 0.109. The van der Waals surface area contributed by atoms with Crippen molar-refractivity contribution in [2.24, 2.45) is 5.92 Å². The second kappa shape index (κ2) is 7.87. The van der Waals surface area contributed by atoms with Crippen LogP contribution in [0.3, 0.4) is 0 Å². The topological polar surface area (TPSA) is 87.9 Å². The van der Waals surface area contributed by atoms with Gasteiger partial charge in [0.25, 0.3) is 11.1 Å². The smallest absolute Gasteiger partial charge is 0.343 e. The van der Waals surface area contributed by atoms with E-state index in [9.17, 15) is 19.2 Å². The molecule has 29 heavy (non-hydrogen) atoms. The summed E-state index contributed by atoms with van der Waals surface area (Å²) in [6, 6.07) is 8.67. The predicted octanol–water partition coefficient (Wildman–Crippen LogP) is 3.09. The zero-order valence-electron chi connectivity index (χ0n) is 15.9. The third-order valence-electron chi connectivity index (χ3n) is 5.26. The van der Waals surface area contributed by atoms with Crippen LogP contribution in [0.15, 0.2) is 44.4 Å². The number of carbonyl (C=O) groups is 3. The summed E-state index contributed by atoms with van der Waals surface area (Å²) >= 11 is 0.727. The number of nitrogens with zero attached hydrogens (tertiary/aromatic N) is 2. The fourth-order valence-corrected chi connectivity index (χ4v) is 4.28. The van der Waals surface area contributed by atoms with Crippen LogP contribution in [-0.2, 0) is 9.59 Å². The van der Waals surface area contributed by atoms with Crippen LogP contribution in [0.5, 0.6) is 0 Å². The van der Waals surface area contributed by atoms with Crippen molar-refractivity contribution in [3.05, 3.63) is 51.2 Å². The van der Waals surface area contributed by atoms with Crippen LogP contribution in [0.2, 0.25) is 0 Å². The largest absolute Gasteiger partial charge is 0.422 e. The van der Waals surface area contributed by atoms with E-state index in [1.165, 1.54) is 6.08 Å². The van der Waals surface area contributed by atoms with Crippen molar-refractivity contribution < 1.29 is 18.8 Å². The van der Waals surface area contributed by atoms with Crippen LogP contribution in [0.1, 0.15) is 25.3 Å². The molecule has 150 valence electrons. The van der Waals surface area contributed by atoms with Gasteiger partial charge in [-0.3, -0.25) is 19.3 Å². The highest BCUT2D eigenvalue weighted by Gasteiger charge is 2.37. The second-order valence-electron chi connectivity index (χ2n) is 7.36. The summed E-state index contributed by atoms with van der Waals surface area (Å²) in [7, 11) is 0. The second-order valence-corrected chi connectivity index (χ2v) is 8.35. The fourth-order valence-electron chi connectivity index (χ4n) is 3.45. The molecule has 0 radical (unpaired) electrons. The number of imide groups is 1. The number of hydrogen-bond acceptors (Lipinski definition) is 6. The highest BCUT2D eigenvalue weighted by molar-refractivity contribution is 8.18. The molecule has 1 aromatic carbocycles. The zero-order chi connectivity index (χ0) is 20.5. The Morgan fingerprint density at radius 2 is 1.93 bits per heavy atom. The lowest BCUT2D eigenvalue weighted by molar-refractivity contribution is -0.136. The summed E-state index contributed by atoms with van der Waals surface area (Å²) in [5.74, 6) is -0.218. The maximum absolute atomic E-state index is 12.7. The molecule has 7 nitrogen and oxygen atoms in total. The van der Waals surface area contributed by atoms with E-state index in [-0.39, 0.29) is 22.9 Å². The summed E-state index contributed by atoms with van der Waals surface area (Å²) in [5, 5.41) is 0.206. The van der Waals surface area contributed by atoms with E-state index in [0.717, 1.165) is 29.5 Å². The summed E-state index contributed by atoms with van der Waals surface area (Å²) in [6.07, 6.45) is 3.20. The number of thioether (sulfide) groups is 1. The van der Waals surface area contributed by atoms with E-state index < -0.39 is 16.8 Å². The van der Waals surface area contributed by atoms with E-state index in [0.29, 0.717) is 30.0 Å². The van der Waals surface area contributed by atoms with Gasteiger partial charge in [-0.05, 0) is 48.7 Å². The van der Waals surface area contributed by atoms with E-state index in [1.807, 2.05) is 6.07 Å². The van der Waals surface area contributed by atoms with Gasteiger partial charge >= 0.3 is 5.63 Å². The Hall–Kier alpha value is -2.87. The van der Waals surface area contributed by atoms with E-state index in [4.69, 9.17) is 4.42 Å². The fraction of sp³-hybridized carbons (Fsp3) is 0.333. The molecule has 3 heterocycles. The predicted molar refractivity (Wildman–Crippen MR) is 110 cm³/mol. The lowest BCUT2D eigenvalue weighted by Crippen LogP contribution is -2.45. The molecule has 1 aromatic heterocycles. The van der Waals surface area contributed by atoms with Crippen molar-refractivity contribution in [3.63, 3.8) is 0 Å². The monoisotopic (exact) mass is 412 g/mol. The maximum atomic E-state index is 12.7. The maximum Gasteiger partial charge on any atom is 0.343 e. The van der Waals surface area contributed by atoms with Crippen molar-refractivity contribution in [1.29, 1.82) is 0 Å². The Morgan fingerprint density at radius 3 is 2.69 bits per heavy atom. The summed E-state index contributed by atoms with van der Waals surface area (Å²) in [5.41, 5.74) is 0.0451. The van der Waals surface area contributed by atoms with Crippen LogP contribution in [0, 0.1) is 5.92 Å². The third kappa shape index (κ3) is 3.98. The number of benzene rings is 1. The van der Waals surface area contributed by atoms with Gasteiger partial charge in [-0.15, -0.1) is 0 Å². The average Bonchev–Trinajstić information content (AvgIpc) is 2.96. The minimum Gasteiger partial charge on any atom is -0.422 e. The van der Waals surface area contributed by atoms with Crippen molar-refractivity contribution in [3.8, 4) is 0 Å². The molecular formula is C21H20N2O5S. The van der Waals surface area contributed by atoms with Crippen molar-refractivity contribution in [2.75, 3.05) is 19.6 Å². The van der Waals surface area contributed by atoms with Gasteiger partial charge in [0.1, 0.15) is 12.1 Å². The Balaban J connectivity index is 1.53. The van der Waals surface area contributed by atoms with Gasteiger partial charge in [0.2, 0.25) is 5.91 Å². The van der Waals surface area contributed by atoms with Gasteiger partial charge in [-0.1, -0.05) is 25.1 Å². The van der Waals surface area contributed by atoms with Gasteiger partial charge in [-0.2, -0.15) is 0 Å². The van der Waals surface area contributed by atoms with Crippen molar-refractivity contribution in [1.82, 2.24) is 9.80 Å². The number of fused-ring (bicyclic) bond motifs is 1. The van der Waals surface area contributed by atoms with Crippen molar-refractivity contribution in [2.45, 2.75) is 19.8 Å². The molecule has 0 saturated carbocycles. The molecule has 2 saturated heterocycles. The SMILES string of the molecule is CC1CCN(C(=O)CN2C(=O)SC(=Cc3cc4ccccc4oc3=O)C2=O)CC1. The van der Waals surface area contributed by atoms with Crippen LogP contribution < -0.4 is 5.63 Å². The molecule has 0 aliphatic carbocycles. The number of hydrogen-bond donors (Lipinski definition) is 0. The molecule has 0 bridgehead atoms. The first-order chi connectivity index (χ1) is 13.9. The zero-order valence-corrected chi connectivity index (χ0v) is 16.7. The third-order valence-corrected chi connectivity index (χ3v) is 6.17. The molecule has 4 rings (SSSR count). The lowest BCUT2D eigenvalue weighted by Gasteiger charge is -2.31. The first-order valence-corrected chi connectivity index (χ1v) is 10.3. The molecule has 0 atom stereocenters. The normalized spacial score (nSPS) is 19.6. The van der Waals surface area contributed by atoms with Gasteiger partial charge in [0, 0.05) is 18.5 Å². The number of piperidine rings is 1. The van der Waals surface area contributed by atoms with Crippen LogP contribution >= 0.6 is 11.8 Å². The molecule has 2 aliphatic heterocycles. The van der Waals surface area contributed by atoms with Gasteiger partial charge in [0.05, 0.1) is 10.5 Å². The molecule has 0 N–H and O–H groups in total. The molecule has 8 heteroatoms. The van der Waals surface area contributed by atoms with Crippen LogP contribution in [0.4, 0.5) is 4.79 Å². The molecule has 3 amide bonds. The average molecular weight is 412 g/mol. The summed E-state index contributed by atoms with van der Waals surface area (Å²) < 4.78 is 5.26.